The SMILES string of the molecule is CCC1=C(C)/C(=C\c2ccc(-c3cccc(C(=O)O)c3)o2)C(=O)N=C1O. The summed E-state index contributed by atoms with van der Waals surface area (Å²) in [6.07, 6.45) is 2.13. The van der Waals surface area contributed by atoms with Crippen molar-refractivity contribution in [3.05, 3.63) is 64.4 Å². The molecule has 0 saturated heterocycles. The van der Waals surface area contributed by atoms with Crippen molar-refractivity contribution in [2.45, 2.75) is 20.3 Å². The molecule has 1 aliphatic heterocycles. The molecule has 1 aromatic heterocycles. The molecule has 0 fully saturated rings. The maximum atomic E-state index is 12.1. The van der Waals surface area contributed by atoms with Crippen LogP contribution in [0.3, 0.4) is 0 Å². The van der Waals surface area contributed by atoms with Crippen molar-refractivity contribution in [2.75, 3.05) is 0 Å². The topological polar surface area (TPSA) is 100 Å². The Hall–Kier alpha value is -3.41. The molecule has 0 atom stereocenters. The average Bonchev–Trinajstić information content (AvgIpc) is 3.07. The van der Waals surface area contributed by atoms with Gasteiger partial charge in [0.25, 0.3) is 5.91 Å². The van der Waals surface area contributed by atoms with Crippen molar-refractivity contribution in [1.29, 1.82) is 0 Å². The summed E-state index contributed by atoms with van der Waals surface area (Å²) < 4.78 is 5.74. The van der Waals surface area contributed by atoms with E-state index in [-0.39, 0.29) is 11.5 Å². The Morgan fingerprint density at radius 2 is 2.04 bits per heavy atom. The number of carbonyl (C=O) groups excluding carboxylic acids is 1. The lowest BCUT2D eigenvalue weighted by atomic mass is 9.95. The number of aliphatic hydroxyl groups is 1. The lowest BCUT2D eigenvalue weighted by Crippen LogP contribution is -2.16. The van der Waals surface area contributed by atoms with E-state index in [1.807, 2.05) is 6.92 Å². The predicted octanol–water partition coefficient (Wildman–Crippen LogP) is 4.25. The molecule has 1 aliphatic rings. The van der Waals surface area contributed by atoms with Gasteiger partial charge >= 0.3 is 5.97 Å². The van der Waals surface area contributed by atoms with Gasteiger partial charge < -0.3 is 14.6 Å². The molecule has 2 heterocycles. The van der Waals surface area contributed by atoms with Gasteiger partial charge in [-0.25, -0.2) is 4.79 Å². The largest absolute Gasteiger partial charge is 0.493 e. The zero-order chi connectivity index (χ0) is 18.8. The molecule has 0 saturated carbocycles. The molecule has 6 heteroatoms. The number of aliphatic imine (C=N–C) groups is 1. The van der Waals surface area contributed by atoms with E-state index in [0.717, 1.165) is 0 Å². The van der Waals surface area contributed by atoms with E-state index < -0.39 is 11.9 Å². The Bertz CT molecular complexity index is 991. The first kappa shape index (κ1) is 17.4. The zero-order valence-electron chi connectivity index (χ0n) is 14.3. The Balaban J connectivity index is 1.97. The van der Waals surface area contributed by atoms with Gasteiger partial charge in [-0.1, -0.05) is 19.1 Å². The summed E-state index contributed by atoms with van der Waals surface area (Å²) >= 11 is 0. The molecule has 2 N–H and O–H groups in total. The van der Waals surface area contributed by atoms with E-state index in [2.05, 4.69) is 4.99 Å². The number of carbonyl (C=O) groups is 2. The number of furan rings is 1. The first-order valence-electron chi connectivity index (χ1n) is 8.08. The third-order valence-corrected chi connectivity index (χ3v) is 4.23. The number of amides is 1. The van der Waals surface area contributed by atoms with Gasteiger partial charge in [0.2, 0.25) is 5.90 Å². The van der Waals surface area contributed by atoms with Crippen molar-refractivity contribution in [1.82, 2.24) is 0 Å². The number of benzene rings is 1. The molecule has 6 nitrogen and oxygen atoms in total. The molecule has 132 valence electrons. The van der Waals surface area contributed by atoms with E-state index in [1.165, 1.54) is 12.1 Å². The summed E-state index contributed by atoms with van der Waals surface area (Å²) in [5.41, 5.74) is 2.44. The number of dihydropyridines is 1. The fourth-order valence-electron chi connectivity index (χ4n) is 2.84. The van der Waals surface area contributed by atoms with Crippen molar-refractivity contribution in [3.8, 4) is 11.3 Å². The predicted molar refractivity (Wildman–Crippen MR) is 97.1 cm³/mol. The van der Waals surface area contributed by atoms with Crippen LogP contribution in [0.2, 0.25) is 0 Å². The van der Waals surface area contributed by atoms with Gasteiger partial charge in [-0.3, -0.25) is 4.79 Å². The van der Waals surface area contributed by atoms with Crippen LogP contribution in [0, 0.1) is 0 Å². The fraction of sp³-hybridized carbons (Fsp3) is 0.150. The highest BCUT2D eigenvalue weighted by molar-refractivity contribution is 6.14. The summed E-state index contributed by atoms with van der Waals surface area (Å²) in [4.78, 5) is 26.9. The smallest absolute Gasteiger partial charge is 0.335 e. The lowest BCUT2D eigenvalue weighted by Gasteiger charge is -2.15. The maximum absolute atomic E-state index is 12.1. The van der Waals surface area contributed by atoms with Gasteiger partial charge in [-0.15, -0.1) is 0 Å². The van der Waals surface area contributed by atoms with E-state index >= 15 is 0 Å². The Kier molecular flexibility index (Phi) is 4.58. The van der Waals surface area contributed by atoms with Crippen LogP contribution in [0.1, 0.15) is 36.4 Å². The quantitative estimate of drug-likeness (QED) is 0.802. The molecule has 0 aliphatic carbocycles. The average molecular weight is 351 g/mol. The van der Waals surface area contributed by atoms with Gasteiger partial charge in [0.15, 0.2) is 0 Å². The Labute approximate surface area is 149 Å². The number of carboxylic acid groups (broad SMARTS) is 1. The first-order chi connectivity index (χ1) is 12.4. The number of nitrogens with zero attached hydrogens (tertiary/aromatic N) is 1. The van der Waals surface area contributed by atoms with Gasteiger partial charge in [0.1, 0.15) is 11.5 Å². The second kappa shape index (κ2) is 6.84. The van der Waals surface area contributed by atoms with E-state index in [0.29, 0.717) is 40.2 Å². The molecule has 2 aromatic rings. The molecule has 1 aromatic carbocycles. The molecule has 1 amide bonds. The van der Waals surface area contributed by atoms with Crippen LogP contribution in [-0.2, 0) is 4.79 Å². The minimum Gasteiger partial charge on any atom is -0.493 e. The summed E-state index contributed by atoms with van der Waals surface area (Å²) in [6, 6.07) is 9.82. The van der Waals surface area contributed by atoms with E-state index in [4.69, 9.17) is 9.52 Å². The summed E-state index contributed by atoms with van der Waals surface area (Å²) in [5, 5.41) is 18.9. The second-order valence-electron chi connectivity index (χ2n) is 5.84. The Morgan fingerprint density at radius 1 is 1.27 bits per heavy atom. The number of carboxylic acids is 1. The normalized spacial score (nSPS) is 16.2. The highest BCUT2D eigenvalue weighted by Crippen LogP contribution is 2.28. The lowest BCUT2D eigenvalue weighted by molar-refractivity contribution is -0.114. The third-order valence-electron chi connectivity index (χ3n) is 4.23. The molecule has 0 unspecified atom stereocenters. The van der Waals surface area contributed by atoms with Crippen molar-refractivity contribution in [2.24, 2.45) is 4.99 Å². The van der Waals surface area contributed by atoms with Crippen LogP contribution in [0.15, 0.2) is 62.5 Å². The van der Waals surface area contributed by atoms with E-state index in [9.17, 15) is 14.7 Å². The molecule has 0 spiro atoms. The summed E-state index contributed by atoms with van der Waals surface area (Å²) in [7, 11) is 0. The van der Waals surface area contributed by atoms with Gasteiger partial charge in [-0.05, 0) is 49.3 Å². The van der Waals surface area contributed by atoms with Gasteiger partial charge in [0, 0.05) is 16.7 Å². The van der Waals surface area contributed by atoms with Crippen LogP contribution >= 0.6 is 0 Å². The van der Waals surface area contributed by atoms with E-state index in [1.54, 1.807) is 37.3 Å². The minimum atomic E-state index is -1.01. The molecule has 0 bridgehead atoms. The number of rotatable bonds is 4. The monoisotopic (exact) mass is 351 g/mol. The molecular formula is C20H17NO5. The van der Waals surface area contributed by atoms with Crippen LogP contribution in [-0.4, -0.2) is 28.0 Å². The van der Waals surface area contributed by atoms with Crippen molar-refractivity contribution in [3.63, 3.8) is 0 Å². The Morgan fingerprint density at radius 3 is 2.73 bits per heavy atom. The van der Waals surface area contributed by atoms with Crippen molar-refractivity contribution >= 4 is 23.9 Å². The van der Waals surface area contributed by atoms with Crippen LogP contribution < -0.4 is 0 Å². The zero-order valence-corrected chi connectivity index (χ0v) is 14.3. The van der Waals surface area contributed by atoms with Crippen LogP contribution in [0.5, 0.6) is 0 Å². The highest BCUT2D eigenvalue weighted by Gasteiger charge is 2.23. The van der Waals surface area contributed by atoms with Gasteiger partial charge in [-0.2, -0.15) is 4.99 Å². The standard InChI is InChI=1S/C20H17NO5/c1-3-15-11(2)16(19(23)21-18(15)22)10-14-7-8-17(26-14)12-5-4-6-13(9-12)20(24)25/h4-10H,3H2,1-2H3,(H,24,25)(H,21,22,23)/b16-10+. The van der Waals surface area contributed by atoms with Crippen molar-refractivity contribution < 1.29 is 24.2 Å². The summed E-state index contributed by atoms with van der Waals surface area (Å²) in [5.74, 6) is -0.845. The minimum absolute atomic E-state index is 0.164. The fourth-order valence-corrected chi connectivity index (χ4v) is 2.84. The number of hydrogen-bond donors (Lipinski definition) is 2. The van der Waals surface area contributed by atoms with Gasteiger partial charge in [0.05, 0.1) is 5.56 Å². The third kappa shape index (κ3) is 3.21. The van der Waals surface area contributed by atoms with Crippen LogP contribution in [0.4, 0.5) is 0 Å². The molecule has 3 rings (SSSR count). The molecule has 26 heavy (non-hydrogen) atoms. The first-order valence-corrected chi connectivity index (χ1v) is 8.08. The molecule has 0 radical (unpaired) electrons. The second-order valence-corrected chi connectivity index (χ2v) is 5.84. The number of hydrogen-bond acceptors (Lipinski definition) is 3. The number of aliphatic hydroxyl groups excluding tert-OH is 1. The maximum Gasteiger partial charge on any atom is 0.335 e. The molecular weight excluding hydrogens is 334 g/mol. The summed E-state index contributed by atoms with van der Waals surface area (Å²) in [6.45, 7) is 3.63. The van der Waals surface area contributed by atoms with Crippen LogP contribution in [0.25, 0.3) is 17.4 Å². The number of aromatic carboxylic acids is 1. The highest BCUT2D eigenvalue weighted by atomic mass is 16.4.